The fourth-order valence-corrected chi connectivity index (χ4v) is 5.47. The zero-order valence-electron chi connectivity index (χ0n) is 13.8. The van der Waals surface area contributed by atoms with Crippen molar-refractivity contribution in [2.24, 2.45) is 0 Å². The predicted molar refractivity (Wildman–Crippen MR) is 89.0 cm³/mol. The topological polar surface area (TPSA) is 104 Å². The summed E-state index contributed by atoms with van der Waals surface area (Å²) in [5.41, 5.74) is 0.373. The molecule has 9 heteroatoms. The quantitative estimate of drug-likeness (QED) is 0.771. The molecule has 0 aliphatic carbocycles. The maximum absolute atomic E-state index is 12.8. The molecule has 2 amide bonds. The smallest absolute Gasteiger partial charge is 0.254 e. The van der Waals surface area contributed by atoms with Crippen LogP contribution in [0.15, 0.2) is 24.3 Å². The fraction of sp³-hybridized carbons (Fsp3) is 0.500. The number of carbonyl (C=O) groups excluding carboxylic acids is 2. The number of hydrogen-bond donors (Lipinski definition) is 1. The van der Waals surface area contributed by atoms with E-state index < -0.39 is 21.9 Å². The van der Waals surface area contributed by atoms with Gasteiger partial charge in [-0.15, -0.1) is 0 Å². The van der Waals surface area contributed by atoms with Gasteiger partial charge in [-0.05, 0) is 24.3 Å². The SMILES string of the molecule is COCC(=O)N1CCN(C(=O)c2ccc(O)cc2)[C@@H]2CS(=O)(=O)C[C@@H]21. The highest BCUT2D eigenvalue weighted by molar-refractivity contribution is 7.91. The highest BCUT2D eigenvalue weighted by Crippen LogP contribution is 2.28. The van der Waals surface area contributed by atoms with Crippen LogP contribution in [0.3, 0.4) is 0 Å². The Kier molecular flexibility index (Phi) is 4.70. The number of methoxy groups -OCH3 is 1. The molecule has 1 aromatic carbocycles. The lowest BCUT2D eigenvalue weighted by Crippen LogP contribution is -2.62. The third-order valence-corrected chi connectivity index (χ3v) is 6.34. The summed E-state index contributed by atoms with van der Waals surface area (Å²) in [6, 6.07) is 4.70. The second-order valence-corrected chi connectivity index (χ2v) is 8.43. The van der Waals surface area contributed by atoms with Crippen molar-refractivity contribution < 1.29 is 27.9 Å². The standard InChI is InChI=1S/C16H20N2O6S/c1-24-8-15(20)17-6-7-18(14-10-25(22,23)9-13(14)17)16(21)11-2-4-12(19)5-3-11/h2-5,13-14,19H,6-10H2,1H3/t13-,14+/m0/s1. The molecule has 2 aliphatic heterocycles. The van der Waals surface area contributed by atoms with Gasteiger partial charge < -0.3 is 19.6 Å². The molecule has 8 nitrogen and oxygen atoms in total. The van der Waals surface area contributed by atoms with E-state index in [0.717, 1.165) is 0 Å². The lowest BCUT2D eigenvalue weighted by Gasteiger charge is -2.43. The van der Waals surface area contributed by atoms with E-state index in [0.29, 0.717) is 5.56 Å². The second kappa shape index (κ2) is 6.64. The summed E-state index contributed by atoms with van der Waals surface area (Å²) in [6.07, 6.45) is 0. The molecule has 2 saturated heterocycles. The van der Waals surface area contributed by atoms with Gasteiger partial charge in [-0.1, -0.05) is 0 Å². The number of phenols is 1. The Balaban J connectivity index is 1.87. The number of benzene rings is 1. The number of carbonyl (C=O) groups is 2. The van der Waals surface area contributed by atoms with E-state index in [2.05, 4.69) is 0 Å². The maximum Gasteiger partial charge on any atom is 0.254 e. The lowest BCUT2D eigenvalue weighted by atomic mass is 10.0. The molecular formula is C16H20N2O6S. The van der Waals surface area contributed by atoms with Crippen molar-refractivity contribution >= 4 is 21.7 Å². The second-order valence-electron chi connectivity index (χ2n) is 6.28. The number of aromatic hydroxyl groups is 1. The zero-order chi connectivity index (χ0) is 18.2. The number of rotatable bonds is 3. The monoisotopic (exact) mass is 368 g/mol. The predicted octanol–water partition coefficient (Wildman–Crippen LogP) is -0.511. The molecule has 0 aromatic heterocycles. The van der Waals surface area contributed by atoms with Crippen molar-refractivity contribution in [1.82, 2.24) is 9.80 Å². The molecule has 1 aromatic rings. The third-order valence-electron chi connectivity index (χ3n) is 4.64. The molecule has 2 atom stereocenters. The van der Waals surface area contributed by atoms with Crippen molar-refractivity contribution in [3.8, 4) is 5.75 Å². The number of fused-ring (bicyclic) bond motifs is 1. The Morgan fingerprint density at radius 1 is 1.12 bits per heavy atom. The van der Waals surface area contributed by atoms with Crippen LogP contribution in [0, 0.1) is 0 Å². The summed E-state index contributed by atoms with van der Waals surface area (Å²) in [5, 5.41) is 9.35. The van der Waals surface area contributed by atoms with Crippen LogP contribution in [0.5, 0.6) is 5.75 Å². The Hall–Kier alpha value is -2.13. The van der Waals surface area contributed by atoms with Gasteiger partial charge in [0, 0.05) is 25.8 Å². The molecule has 0 bridgehead atoms. The van der Waals surface area contributed by atoms with E-state index in [4.69, 9.17) is 4.74 Å². The molecule has 2 aliphatic rings. The summed E-state index contributed by atoms with van der Waals surface area (Å²) in [6.45, 7) is 0.406. The molecule has 2 heterocycles. The summed E-state index contributed by atoms with van der Waals surface area (Å²) in [5.74, 6) is -0.824. The summed E-state index contributed by atoms with van der Waals surface area (Å²) < 4.78 is 29.1. The van der Waals surface area contributed by atoms with Crippen LogP contribution in [-0.2, 0) is 19.4 Å². The molecule has 0 saturated carbocycles. The highest BCUT2D eigenvalue weighted by Gasteiger charge is 2.49. The van der Waals surface area contributed by atoms with Gasteiger partial charge >= 0.3 is 0 Å². The van der Waals surface area contributed by atoms with Gasteiger partial charge in [-0.3, -0.25) is 9.59 Å². The third kappa shape index (κ3) is 3.47. The molecule has 25 heavy (non-hydrogen) atoms. The first kappa shape index (κ1) is 17.7. The summed E-state index contributed by atoms with van der Waals surface area (Å²) in [4.78, 5) is 28.0. The van der Waals surface area contributed by atoms with Crippen LogP contribution in [-0.4, -0.2) is 85.5 Å². The first-order valence-corrected chi connectivity index (χ1v) is 9.73. The van der Waals surface area contributed by atoms with Crippen molar-refractivity contribution in [2.45, 2.75) is 12.1 Å². The molecule has 0 unspecified atom stereocenters. The number of ether oxygens (including phenoxy) is 1. The first-order valence-electron chi connectivity index (χ1n) is 7.91. The number of phenolic OH excluding ortho intramolecular Hbond substituents is 1. The first-order chi connectivity index (χ1) is 11.8. The molecule has 136 valence electrons. The van der Waals surface area contributed by atoms with E-state index in [9.17, 15) is 23.1 Å². The van der Waals surface area contributed by atoms with E-state index in [1.54, 1.807) is 0 Å². The largest absolute Gasteiger partial charge is 0.508 e. The Labute approximate surface area is 145 Å². The van der Waals surface area contributed by atoms with Crippen LogP contribution in [0.25, 0.3) is 0 Å². The van der Waals surface area contributed by atoms with Crippen molar-refractivity contribution in [1.29, 1.82) is 0 Å². The molecule has 0 radical (unpaired) electrons. The van der Waals surface area contributed by atoms with E-state index >= 15 is 0 Å². The van der Waals surface area contributed by atoms with Gasteiger partial charge in [0.05, 0.1) is 23.6 Å². The fourth-order valence-electron chi connectivity index (χ4n) is 3.49. The van der Waals surface area contributed by atoms with Gasteiger partial charge in [0.2, 0.25) is 5.91 Å². The number of sulfone groups is 1. The zero-order valence-corrected chi connectivity index (χ0v) is 14.6. The average molecular weight is 368 g/mol. The Morgan fingerprint density at radius 2 is 1.68 bits per heavy atom. The van der Waals surface area contributed by atoms with Crippen molar-refractivity contribution in [3.63, 3.8) is 0 Å². The number of hydrogen-bond acceptors (Lipinski definition) is 6. The van der Waals surface area contributed by atoms with Crippen LogP contribution in [0.4, 0.5) is 0 Å². The molecule has 2 fully saturated rings. The van der Waals surface area contributed by atoms with Gasteiger partial charge in [-0.25, -0.2) is 8.42 Å². The summed E-state index contributed by atoms with van der Waals surface area (Å²) >= 11 is 0. The molecule has 3 rings (SSSR count). The van der Waals surface area contributed by atoms with E-state index in [-0.39, 0.29) is 48.8 Å². The van der Waals surface area contributed by atoms with Crippen LogP contribution >= 0.6 is 0 Å². The minimum atomic E-state index is -3.33. The Bertz CT molecular complexity index is 776. The van der Waals surface area contributed by atoms with E-state index in [1.165, 1.54) is 41.2 Å². The van der Waals surface area contributed by atoms with Crippen LogP contribution in [0.2, 0.25) is 0 Å². The molecule has 1 N–H and O–H groups in total. The van der Waals surface area contributed by atoms with Crippen molar-refractivity contribution in [3.05, 3.63) is 29.8 Å². The van der Waals surface area contributed by atoms with Gasteiger partial charge in [-0.2, -0.15) is 0 Å². The van der Waals surface area contributed by atoms with Crippen LogP contribution < -0.4 is 0 Å². The highest BCUT2D eigenvalue weighted by atomic mass is 32.2. The number of piperazine rings is 1. The van der Waals surface area contributed by atoms with E-state index in [1.807, 2.05) is 0 Å². The maximum atomic E-state index is 12.8. The summed E-state index contributed by atoms with van der Waals surface area (Å²) in [7, 11) is -1.93. The van der Waals surface area contributed by atoms with Gasteiger partial charge in [0.1, 0.15) is 12.4 Å². The Morgan fingerprint density at radius 3 is 2.28 bits per heavy atom. The number of amides is 2. The van der Waals surface area contributed by atoms with Gasteiger partial charge in [0.25, 0.3) is 5.91 Å². The number of nitrogens with zero attached hydrogens (tertiary/aromatic N) is 2. The lowest BCUT2D eigenvalue weighted by molar-refractivity contribution is -0.140. The van der Waals surface area contributed by atoms with Gasteiger partial charge in [0.15, 0.2) is 9.84 Å². The van der Waals surface area contributed by atoms with Crippen LogP contribution in [0.1, 0.15) is 10.4 Å². The molecular weight excluding hydrogens is 348 g/mol. The van der Waals surface area contributed by atoms with Crippen molar-refractivity contribution in [2.75, 3.05) is 38.3 Å². The minimum Gasteiger partial charge on any atom is -0.508 e. The normalized spacial score (nSPS) is 24.8. The minimum absolute atomic E-state index is 0.0489. The average Bonchev–Trinajstić information content (AvgIpc) is 2.89. The molecule has 0 spiro atoms.